The molecule has 2 aromatic heterocycles. The van der Waals surface area contributed by atoms with E-state index in [1.807, 2.05) is 39.8 Å². The Kier molecular flexibility index (Phi) is 6.63. The summed E-state index contributed by atoms with van der Waals surface area (Å²) in [7, 11) is 0. The Bertz CT molecular complexity index is 909. The summed E-state index contributed by atoms with van der Waals surface area (Å²) in [5, 5.41) is 0. The summed E-state index contributed by atoms with van der Waals surface area (Å²) in [6.07, 6.45) is 2.57. The van der Waals surface area contributed by atoms with Crippen molar-refractivity contribution in [3.8, 4) is 0 Å². The molecule has 0 fully saturated rings. The van der Waals surface area contributed by atoms with Gasteiger partial charge in [-0.15, -0.1) is 22.7 Å². The molecule has 0 spiro atoms. The summed E-state index contributed by atoms with van der Waals surface area (Å²) < 4.78 is 0. The molecule has 0 aliphatic carbocycles. The van der Waals surface area contributed by atoms with Crippen LogP contribution in [-0.2, 0) is 12.8 Å². The highest BCUT2D eigenvalue weighted by Crippen LogP contribution is 2.24. The molecule has 2 heterocycles. The molecular formula is C24H26O2S2. The maximum atomic E-state index is 12.4. The van der Waals surface area contributed by atoms with Gasteiger partial charge < -0.3 is 0 Å². The van der Waals surface area contributed by atoms with Gasteiger partial charge in [-0.3, -0.25) is 9.59 Å². The van der Waals surface area contributed by atoms with Crippen LogP contribution in [0.4, 0.5) is 0 Å². The lowest BCUT2D eigenvalue weighted by Crippen LogP contribution is -2.02. The predicted molar refractivity (Wildman–Crippen MR) is 119 cm³/mol. The van der Waals surface area contributed by atoms with Crippen LogP contribution in [-0.4, -0.2) is 11.6 Å². The second kappa shape index (κ2) is 8.97. The van der Waals surface area contributed by atoms with Gasteiger partial charge in [0.15, 0.2) is 11.6 Å². The molecule has 0 saturated heterocycles. The van der Waals surface area contributed by atoms with Crippen molar-refractivity contribution in [1.29, 1.82) is 0 Å². The van der Waals surface area contributed by atoms with Gasteiger partial charge in [-0.05, 0) is 63.8 Å². The lowest BCUT2D eigenvalue weighted by molar-refractivity contribution is 0.0974. The molecule has 0 N–H and O–H groups in total. The first-order valence-corrected chi connectivity index (χ1v) is 11.2. The van der Waals surface area contributed by atoms with Gasteiger partial charge in [0.1, 0.15) is 0 Å². The van der Waals surface area contributed by atoms with Crippen molar-refractivity contribution in [2.45, 2.75) is 53.4 Å². The van der Waals surface area contributed by atoms with Crippen LogP contribution in [0.3, 0.4) is 0 Å². The minimum Gasteiger partial charge on any atom is -0.294 e. The number of carbonyl (C=O) groups is 2. The minimum atomic E-state index is 0.220. The van der Waals surface area contributed by atoms with Gasteiger partial charge in [0.2, 0.25) is 0 Å². The average molecular weight is 411 g/mol. The first kappa shape index (κ1) is 20.7. The highest BCUT2D eigenvalue weighted by Gasteiger charge is 2.13. The highest BCUT2D eigenvalue weighted by molar-refractivity contribution is 7.12. The van der Waals surface area contributed by atoms with E-state index in [1.54, 1.807) is 22.7 Å². The monoisotopic (exact) mass is 410 g/mol. The van der Waals surface area contributed by atoms with Gasteiger partial charge in [-0.2, -0.15) is 0 Å². The van der Waals surface area contributed by atoms with E-state index in [9.17, 15) is 9.59 Å². The van der Waals surface area contributed by atoms with Gasteiger partial charge in [-0.1, -0.05) is 24.3 Å². The van der Waals surface area contributed by atoms with Gasteiger partial charge >= 0.3 is 0 Å². The normalized spacial score (nSPS) is 11.0. The van der Waals surface area contributed by atoms with E-state index in [1.165, 1.54) is 9.75 Å². The van der Waals surface area contributed by atoms with Crippen LogP contribution in [0.25, 0.3) is 0 Å². The van der Waals surface area contributed by atoms with Crippen LogP contribution < -0.4 is 0 Å². The highest BCUT2D eigenvalue weighted by atomic mass is 32.1. The van der Waals surface area contributed by atoms with Crippen LogP contribution >= 0.6 is 22.7 Å². The smallest absolute Gasteiger partial charge is 0.164 e. The molecule has 0 aliphatic heterocycles. The number of thiophene rings is 2. The van der Waals surface area contributed by atoms with E-state index >= 15 is 0 Å². The maximum Gasteiger partial charge on any atom is 0.164 e. The number of benzene rings is 1. The summed E-state index contributed by atoms with van der Waals surface area (Å²) in [4.78, 5) is 29.5. The zero-order valence-corrected chi connectivity index (χ0v) is 18.6. The Hall–Kier alpha value is -2.04. The number of carbonyl (C=O) groups excluding carboxylic acids is 2. The number of hydrogen-bond donors (Lipinski definition) is 0. The number of rotatable bonds is 8. The van der Waals surface area contributed by atoms with Gasteiger partial charge in [0, 0.05) is 43.5 Å². The van der Waals surface area contributed by atoms with E-state index in [0.29, 0.717) is 12.8 Å². The molecule has 0 radical (unpaired) electrons. The second-order valence-corrected chi connectivity index (χ2v) is 10.2. The van der Waals surface area contributed by atoms with Crippen molar-refractivity contribution in [2.24, 2.45) is 0 Å². The average Bonchev–Trinajstić information content (AvgIpc) is 3.18. The van der Waals surface area contributed by atoms with Crippen molar-refractivity contribution in [2.75, 3.05) is 0 Å². The predicted octanol–water partition coefficient (Wildman–Crippen LogP) is 6.67. The van der Waals surface area contributed by atoms with Crippen LogP contribution in [0.1, 0.15) is 64.2 Å². The Morgan fingerprint density at radius 3 is 1.32 bits per heavy atom. The molecule has 0 amide bonds. The Morgan fingerprint density at radius 1 is 0.679 bits per heavy atom. The number of aryl methyl sites for hydroxylation is 6. The molecule has 3 aromatic rings. The zero-order chi connectivity index (χ0) is 20.3. The third kappa shape index (κ3) is 5.06. The summed E-state index contributed by atoms with van der Waals surface area (Å²) in [5.74, 6) is 0.441. The Labute approximate surface area is 175 Å². The molecule has 3 rings (SSSR count). The maximum absolute atomic E-state index is 12.4. The van der Waals surface area contributed by atoms with Crippen LogP contribution in [0.15, 0.2) is 36.4 Å². The van der Waals surface area contributed by atoms with E-state index in [-0.39, 0.29) is 11.6 Å². The molecular weight excluding hydrogens is 384 g/mol. The fraction of sp³-hybridized carbons (Fsp3) is 0.333. The fourth-order valence-corrected chi connectivity index (χ4v) is 5.36. The van der Waals surface area contributed by atoms with Gasteiger partial charge in [0.25, 0.3) is 0 Å². The molecule has 0 unspecified atom stereocenters. The van der Waals surface area contributed by atoms with Crippen molar-refractivity contribution in [3.63, 3.8) is 0 Å². The minimum absolute atomic E-state index is 0.220. The first-order chi connectivity index (χ1) is 13.3. The summed E-state index contributed by atoms with van der Waals surface area (Å²) >= 11 is 3.36. The molecule has 146 valence electrons. The fourth-order valence-electron chi connectivity index (χ4n) is 3.47. The van der Waals surface area contributed by atoms with Crippen molar-refractivity contribution >= 4 is 34.2 Å². The Morgan fingerprint density at radius 2 is 1.04 bits per heavy atom. The topological polar surface area (TPSA) is 34.1 Å². The third-order valence-corrected chi connectivity index (χ3v) is 6.92. The van der Waals surface area contributed by atoms with Crippen LogP contribution in [0, 0.1) is 27.7 Å². The molecule has 2 nitrogen and oxygen atoms in total. The molecule has 0 saturated carbocycles. The largest absolute Gasteiger partial charge is 0.294 e. The molecule has 0 bridgehead atoms. The molecule has 28 heavy (non-hydrogen) atoms. The summed E-state index contributed by atoms with van der Waals surface area (Å²) in [6.45, 7) is 8.11. The van der Waals surface area contributed by atoms with Gasteiger partial charge in [-0.25, -0.2) is 0 Å². The standard InChI is InChI=1S/C24H26O2S2/c1-15-13-21(17(3)27-15)23(25)11-9-19-5-7-20(8-6-19)10-12-24(26)22-14-16(2)28-18(22)4/h5-8,13-14H,9-12H2,1-4H3. The lowest BCUT2D eigenvalue weighted by Gasteiger charge is -2.05. The number of Topliss-reactive ketones (excluding diaryl/α,β-unsaturated/α-hetero) is 2. The molecule has 0 aliphatic rings. The third-order valence-electron chi connectivity index (χ3n) is 4.99. The Balaban J connectivity index is 1.52. The van der Waals surface area contributed by atoms with Crippen LogP contribution in [0.2, 0.25) is 0 Å². The number of hydrogen-bond acceptors (Lipinski definition) is 4. The van der Waals surface area contributed by atoms with E-state index in [2.05, 4.69) is 24.3 Å². The van der Waals surface area contributed by atoms with E-state index < -0.39 is 0 Å². The SMILES string of the molecule is Cc1cc(C(=O)CCc2ccc(CCC(=O)c3cc(C)sc3C)cc2)c(C)s1. The summed E-state index contributed by atoms with van der Waals surface area (Å²) in [6, 6.07) is 12.3. The van der Waals surface area contributed by atoms with E-state index in [0.717, 1.165) is 44.8 Å². The molecule has 1 aromatic carbocycles. The van der Waals surface area contributed by atoms with E-state index in [4.69, 9.17) is 0 Å². The molecule has 4 heteroatoms. The number of ketones is 2. The second-order valence-electron chi connectivity index (χ2n) is 7.32. The van der Waals surface area contributed by atoms with Gasteiger partial charge in [0.05, 0.1) is 0 Å². The summed E-state index contributed by atoms with van der Waals surface area (Å²) in [5.41, 5.74) is 4.07. The van der Waals surface area contributed by atoms with Crippen molar-refractivity contribution in [3.05, 3.63) is 78.2 Å². The lowest BCUT2D eigenvalue weighted by atomic mass is 9.99. The van der Waals surface area contributed by atoms with Crippen LogP contribution in [0.5, 0.6) is 0 Å². The first-order valence-electron chi connectivity index (χ1n) is 9.62. The zero-order valence-electron chi connectivity index (χ0n) is 16.9. The quantitative estimate of drug-likeness (QED) is 0.388. The molecule has 0 atom stereocenters. The van der Waals surface area contributed by atoms with Crippen molar-refractivity contribution in [1.82, 2.24) is 0 Å². The van der Waals surface area contributed by atoms with Crippen molar-refractivity contribution < 1.29 is 9.59 Å².